The Balaban J connectivity index is 0.000000122. The number of hydrogen-bond acceptors (Lipinski definition) is 13. The van der Waals surface area contributed by atoms with E-state index in [1.54, 1.807) is 42.4 Å². The number of nitrogens with zero attached hydrogens (tertiary/aromatic N) is 10. The third kappa shape index (κ3) is 17.2. The van der Waals surface area contributed by atoms with Gasteiger partial charge in [-0.15, -0.1) is 0 Å². The van der Waals surface area contributed by atoms with Crippen LogP contribution in [0.4, 0.5) is 35.9 Å². The van der Waals surface area contributed by atoms with Gasteiger partial charge in [0.15, 0.2) is 22.6 Å². The van der Waals surface area contributed by atoms with E-state index in [0.29, 0.717) is 29.7 Å². The molecule has 0 radical (unpaired) electrons. The number of anilines is 4. The molecule has 6 N–H and O–H groups in total. The summed E-state index contributed by atoms with van der Waals surface area (Å²) in [5.74, 6) is 0.548. The molecule has 0 spiro atoms. The van der Waals surface area contributed by atoms with Gasteiger partial charge in [0.1, 0.15) is 5.75 Å². The lowest BCUT2D eigenvalue weighted by molar-refractivity contribution is -0.137. The van der Waals surface area contributed by atoms with Gasteiger partial charge in [-0.25, -0.2) is 19.9 Å². The number of nitrogens with one attached hydrogen (secondary N) is 6. The van der Waals surface area contributed by atoms with Crippen LogP contribution < -0.4 is 26.0 Å². The molecule has 620 valence electrons. The van der Waals surface area contributed by atoms with Gasteiger partial charge >= 0.3 is 6.18 Å². The molecule has 3 saturated carbocycles. The molecule has 4 amide bonds. The number of fused-ring (bicyclic) bond motifs is 4. The summed E-state index contributed by atoms with van der Waals surface area (Å²) in [4.78, 5) is 70.3. The molecule has 8 aromatic carbocycles. The first-order valence-electron chi connectivity index (χ1n) is 40.8. The monoisotopic (exact) mass is 1640 g/mol. The summed E-state index contributed by atoms with van der Waals surface area (Å²) in [5.41, 5.74) is 18.6. The molecular weight excluding hydrogens is 1550 g/mol. The predicted octanol–water partition coefficient (Wildman–Crippen LogP) is 20.7. The smallest absolute Gasteiger partial charge is 0.416 e. The molecule has 24 heteroatoms. The zero-order chi connectivity index (χ0) is 86.3. The van der Waals surface area contributed by atoms with Gasteiger partial charge in [-0.05, 0) is 231 Å². The summed E-state index contributed by atoms with van der Waals surface area (Å²) in [6.45, 7) is 16.2. The van der Waals surface area contributed by atoms with E-state index in [4.69, 9.17) is 9.72 Å². The first-order valence-corrected chi connectivity index (χ1v) is 40.8. The molecule has 8 heterocycles. The number of H-pyrrole nitrogens is 2. The first kappa shape index (κ1) is 82.4. The largest absolute Gasteiger partial charge is 0.497 e. The fourth-order valence-electron chi connectivity index (χ4n) is 15.8. The Morgan fingerprint density at radius 1 is 0.398 bits per heavy atom. The van der Waals surface area contributed by atoms with Crippen molar-refractivity contribution in [3.05, 3.63) is 306 Å². The topological polar surface area (TPSA) is 270 Å². The standard InChI is InChI=1S/C27H30N4O.C24H19F3N4O.C24H22N4O2.C24H22N4O/c1-26(2,3)23-16-21(22-17-28-31(6)24(22)30-23)18-12-14-20(15-13-18)29-25(32)27(4,5)19-10-8-7-9-11-19;1-14-11-19(20-13-28-31-21(20)29-14)15-5-7-18(8-6-15)30-22(32)23(9-10-23)16-3-2-4-17(12-16)24(25,26)27;1-15-12-20(21-14-25-28-22(21)26-15)16-6-8-18(9-7-16)27-23(29)24(10-11-24)17-4-3-5-19(13-17)30-2;1-16-14-20(21-15-25-28(2)22(21)26-16)17-8-10-19(11-9-17)27-23(29)24(12-13-24)18-6-4-3-5-7-18/h7-17H,1-6H3,(H,29,32);2-8,11-13H,9-10H2,1H3,(H,30,32)(H,28,29,31);3-9,12-14H,10-11H2,1-2H3,(H,27,29)(H,25,26,28);3-11,14-15H,12-13H2,1-2H3,(H,27,29). The molecule has 123 heavy (non-hydrogen) atoms. The van der Waals surface area contributed by atoms with E-state index in [9.17, 15) is 32.3 Å². The summed E-state index contributed by atoms with van der Waals surface area (Å²) in [7, 11) is 5.46. The molecule has 0 saturated heterocycles. The van der Waals surface area contributed by atoms with Crippen LogP contribution in [-0.2, 0) is 66.5 Å². The number of pyridine rings is 4. The van der Waals surface area contributed by atoms with Crippen molar-refractivity contribution in [1.29, 1.82) is 0 Å². The number of aromatic amines is 2. The van der Waals surface area contributed by atoms with Crippen LogP contribution >= 0.6 is 0 Å². The minimum atomic E-state index is -4.44. The van der Waals surface area contributed by atoms with Crippen LogP contribution in [0.2, 0.25) is 0 Å². The number of methoxy groups -OCH3 is 1. The highest BCUT2D eigenvalue weighted by atomic mass is 19.4. The molecule has 0 aliphatic heterocycles. The predicted molar refractivity (Wildman–Crippen MR) is 477 cm³/mol. The lowest BCUT2D eigenvalue weighted by Gasteiger charge is -2.24. The molecule has 0 unspecified atom stereocenters. The number of amides is 4. The second-order valence-corrected chi connectivity index (χ2v) is 33.6. The Morgan fingerprint density at radius 3 is 1.19 bits per heavy atom. The molecule has 16 aromatic rings. The molecule has 3 aliphatic rings. The number of hydrogen-bond donors (Lipinski definition) is 6. The SMILES string of the molecule is COc1cccc(C2(C(=O)Nc3ccc(-c4cc(C)nc5[nH]ncc45)cc3)CC2)c1.Cc1cc(-c2ccc(NC(=O)C3(c4cccc(C(F)(F)F)c4)CC3)cc2)c2cn[nH]c2n1.Cc1cc(-c2ccc(NC(=O)C3(c4ccccc4)CC3)cc2)c2cnn(C)c2n1.Cn1ncc2c(-c3ccc(NC(=O)C(C)(C)c4ccccc4)cc3)cc(C(C)(C)C)nc21. The lowest BCUT2D eigenvalue weighted by atomic mass is 9.83. The van der Waals surface area contributed by atoms with Gasteiger partial charge in [-0.2, -0.15) is 33.6 Å². The number of aryl methyl sites for hydroxylation is 5. The minimum absolute atomic E-state index is 0.0282. The number of aromatic nitrogens is 12. The summed E-state index contributed by atoms with van der Waals surface area (Å²) in [5, 5.41) is 38.8. The van der Waals surface area contributed by atoms with Gasteiger partial charge in [0.2, 0.25) is 23.6 Å². The van der Waals surface area contributed by atoms with Crippen LogP contribution in [0.25, 0.3) is 88.6 Å². The maximum Gasteiger partial charge on any atom is 0.416 e. The molecule has 0 atom stereocenters. The van der Waals surface area contributed by atoms with E-state index >= 15 is 0 Å². The molecule has 21 nitrogen and oxygen atoms in total. The van der Waals surface area contributed by atoms with E-state index in [0.717, 1.165) is 183 Å². The number of carbonyl (C=O) groups is 4. The highest BCUT2D eigenvalue weighted by molar-refractivity contribution is 6.05. The average Bonchev–Trinajstić information content (AvgIpc) is 1.61. The summed E-state index contributed by atoms with van der Waals surface area (Å²) < 4.78 is 48.2. The van der Waals surface area contributed by atoms with Crippen molar-refractivity contribution in [2.24, 2.45) is 14.1 Å². The number of halogens is 3. The summed E-state index contributed by atoms with van der Waals surface area (Å²) in [6.07, 6.45) is 7.32. The van der Waals surface area contributed by atoms with Gasteiger partial charge in [0.05, 0.1) is 59.1 Å². The van der Waals surface area contributed by atoms with Gasteiger partial charge in [-0.1, -0.05) is 160 Å². The van der Waals surface area contributed by atoms with Crippen LogP contribution in [0.5, 0.6) is 5.75 Å². The van der Waals surface area contributed by atoms with Crippen molar-refractivity contribution in [3.8, 4) is 50.3 Å². The maximum absolute atomic E-state index is 13.1. The van der Waals surface area contributed by atoms with E-state index in [1.165, 1.54) is 6.07 Å². The van der Waals surface area contributed by atoms with Gasteiger partial charge in [0.25, 0.3) is 0 Å². The van der Waals surface area contributed by atoms with Crippen LogP contribution in [0.15, 0.2) is 255 Å². The Kier molecular flexibility index (Phi) is 22.1. The Bertz CT molecular complexity index is 6640. The van der Waals surface area contributed by atoms with E-state index < -0.39 is 28.0 Å². The molecule has 8 aromatic heterocycles. The summed E-state index contributed by atoms with van der Waals surface area (Å²) in [6, 6.07) is 72.2. The normalized spacial score (nSPS) is 14.1. The van der Waals surface area contributed by atoms with Crippen LogP contribution in [0.3, 0.4) is 0 Å². The number of rotatable bonds is 17. The highest BCUT2D eigenvalue weighted by Gasteiger charge is 2.54. The molecular formula is C99H93F3N16O5. The third-order valence-electron chi connectivity index (χ3n) is 23.5. The van der Waals surface area contributed by atoms with Gasteiger partial charge in [-0.3, -0.25) is 38.7 Å². The van der Waals surface area contributed by atoms with Gasteiger partial charge < -0.3 is 26.0 Å². The number of ether oxygens (including phenoxy) is 1. The van der Waals surface area contributed by atoms with Crippen molar-refractivity contribution in [1.82, 2.24) is 59.9 Å². The van der Waals surface area contributed by atoms with Crippen molar-refractivity contribution < 1.29 is 37.1 Å². The highest BCUT2D eigenvalue weighted by Crippen LogP contribution is 2.52. The van der Waals surface area contributed by atoms with E-state index in [1.807, 2.05) is 248 Å². The van der Waals surface area contributed by atoms with E-state index in [2.05, 4.69) is 99.7 Å². The first-order chi connectivity index (χ1) is 59.0. The third-order valence-corrected chi connectivity index (χ3v) is 23.5. The van der Waals surface area contributed by atoms with Crippen molar-refractivity contribution in [3.63, 3.8) is 0 Å². The Labute approximate surface area is 709 Å². The maximum atomic E-state index is 13.1. The van der Waals surface area contributed by atoms with Crippen molar-refractivity contribution in [2.45, 2.75) is 127 Å². The van der Waals surface area contributed by atoms with Crippen LogP contribution in [0.1, 0.15) is 124 Å². The summed E-state index contributed by atoms with van der Waals surface area (Å²) >= 11 is 0. The minimum Gasteiger partial charge on any atom is -0.497 e. The fraction of sp³-hybridized carbons (Fsp3) is 0.232. The average molecular weight is 1640 g/mol. The molecule has 0 bridgehead atoms. The second kappa shape index (κ2) is 33.0. The molecule has 19 rings (SSSR count). The zero-order valence-electron chi connectivity index (χ0n) is 70.1. The van der Waals surface area contributed by atoms with Crippen LogP contribution in [-0.4, -0.2) is 90.6 Å². The Hall–Kier alpha value is -14.3. The fourth-order valence-corrected chi connectivity index (χ4v) is 15.8. The van der Waals surface area contributed by atoms with E-state index in [-0.39, 0.29) is 34.5 Å². The quantitative estimate of drug-likeness (QED) is 0.0496. The number of benzene rings is 8. The van der Waals surface area contributed by atoms with Gasteiger partial charge in [0, 0.05) is 86.6 Å². The number of carbonyl (C=O) groups excluding carboxylic acids is 4. The number of alkyl halides is 3. The lowest BCUT2D eigenvalue weighted by Crippen LogP contribution is -2.34. The molecule has 3 fully saturated rings. The molecule has 3 aliphatic carbocycles. The van der Waals surface area contributed by atoms with Crippen LogP contribution in [0, 0.1) is 20.8 Å². The Morgan fingerprint density at radius 2 is 0.764 bits per heavy atom. The van der Waals surface area contributed by atoms with Crippen molar-refractivity contribution in [2.75, 3.05) is 28.4 Å². The van der Waals surface area contributed by atoms with Crippen molar-refractivity contribution >= 4 is 90.5 Å². The zero-order valence-corrected chi connectivity index (χ0v) is 70.1. The second-order valence-electron chi connectivity index (χ2n) is 33.6.